The van der Waals surface area contributed by atoms with Gasteiger partial charge < -0.3 is 10.2 Å². The van der Waals surface area contributed by atoms with E-state index in [2.05, 4.69) is 5.32 Å². The first-order chi connectivity index (χ1) is 8.06. The summed E-state index contributed by atoms with van der Waals surface area (Å²) in [4.78, 5) is 13.4. The van der Waals surface area contributed by atoms with E-state index in [4.69, 9.17) is 11.6 Å². The molecule has 0 aliphatic heterocycles. The molecular formula is C12H14ClFN2O. The van der Waals surface area contributed by atoms with Gasteiger partial charge in [-0.15, -0.1) is 0 Å². The monoisotopic (exact) mass is 256 g/mol. The second kappa shape index (κ2) is 4.92. The van der Waals surface area contributed by atoms with Crippen LogP contribution in [0, 0.1) is 5.82 Å². The molecule has 1 fully saturated rings. The van der Waals surface area contributed by atoms with Crippen LogP contribution in [0.1, 0.15) is 12.8 Å². The molecule has 0 radical (unpaired) electrons. The average molecular weight is 257 g/mol. The number of anilines is 1. The summed E-state index contributed by atoms with van der Waals surface area (Å²) in [6, 6.07) is 4.52. The predicted molar refractivity (Wildman–Crippen MR) is 65.7 cm³/mol. The highest BCUT2D eigenvalue weighted by molar-refractivity contribution is 6.30. The van der Waals surface area contributed by atoms with E-state index in [-0.39, 0.29) is 12.5 Å². The average Bonchev–Trinajstić information content (AvgIpc) is 3.07. The summed E-state index contributed by atoms with van der Waals surface area (Å²) in [6.45, 7) is 0.160. The molecule has 92 valence electrons. The first-order valence-corrected chi connectivity index (χ1v) is 5.89. The van der Waals surface area contributed by atoms with Crippen molar-refractivity contribution in [1.29, 1.82) is 0 Å². The van der Waals surface area contributed by atoms with Crippen LogP contribution in [0.15, 0.2) is 18.2 Å². The lowest BCUT2D eigenvalue weighted by molar-refractivity contribution is -0.128. The number of benzene rings is 1. The van der Waals surface area contributed by atoms with Crippen LogP contribution >= 0.6 is 11.6 Å². The van der Waals surface area contributed by atoms with E-state index in [1.807, 2.05) is 0 Å². The summed E-state index contributed by atoms with van der Waals surface area (Å²) in [7, 11) is 1.79. The summed E-state index contributed by atoms with van der Waals surface area (Å²) < 4.78 is 13.0. The second-order valence-electron chi connectivity index (χ2n) is 4.25. The Morgan fingerprint density at radius 1 is 1.53 bits per heavy atom. The fourth-order valence-corrected chi connectivity index (χ4v) is 1.85. The lowest BCUT2D eigenvalue weighted by atomic mass is 10.3. The van der Waals surface area contributed by atoms with Gasteiger partial charge in [-0.3, -0.25) is 4.79 Å². The molecule has 0 bridgehead atoms. The van der Waals surface area contributed by atoms with E-state index < -0.39 is 5.82 Å². The number of carbonyl (C=O) groups excluding carboxylic acids is 1. The molecule has 1 aromatic rings. The fourth-order valence-electron chi connectivity index (χ4n) is 1.62. The fraction of sp³-hybridized carbons (Fsp3) is 0.417. The number of nitrogens with zero attached hydrogens (tertiary/aromatic N) is 1. The maximum Gasteiger partial charge on any atom is 0.241 e. The molecule has 0 spiro atoms. The molecule has 1 amide bonds. The standard InChI is InChI=1S/C12H14ClFN2O/c1-16(11-2-3-11)12(17)7-15-10-5-8(13)4-9(14)6-10/h4-6,11,15H,2-3,7H2,1H3. The Kier molecular flexibility index (Phi) is 3.52. The molecule has 1 aliphatic carbocycles. The third-order valence-corrected chi connectivity index (χ3v) is 3.01. The molecular weight excluding hydrogens is 243 g/mol. The van der Waals surface area contributed by atoms with E-state index in [1.54, 1.807) is 18.0 Å². The quantitative estimate of drug-likeness (QED) is 0.898. The third kappa shape index (κ3) is 3.33. The Hall–Kier alpha value is -1.29. The predicted octanol–water partition coefficient (Wildman–Crippen LogP) is 2.51. The highest BCUT2D eigenvalue weighted by atomic mass is 35.5. The molecule has 1 saturated carbocycles. The number of likely N-dealkylation sites (N-methyl/N-ethyl adjacent to an activating group) is 1. The van der Waals surface area contributed by atoms with Crippen molar-refractivity contribution in [3.05, 3.63) is 29.0 Å². The number of nitrogens with one attached hydrogen (secondary N) is 1. The molecule has 0 unspecified atom stereocenters. The molecule has 17 heavy (non-hydrogen) atoms. The Morgan fingerprint density at radius 2 is 2.24 bits per heavy atom. The zero-order chi connectivity index (χ0) is 12.4. The number of hydrogen-bond acceptors (Lipinski definition) is 2. The first kappa shape index (κ1) is 12.2. The lowest BCUT2D eigenvalue weighted by Gasteiger charge is -2.17. The van der Waals surface area contributed by atoms with Crippen molar-refractivity contribution in [2.45, 2.75) is 18.9 Å². The molecule has 2 rings (SSSR count). The van der Waals surface area contributed by atoms with Gasteiger partial charge in [-0.25, -0.2) is 4.39 Å². The van der Waals surface area contributed by atoms with Crippen molar-refractivity contribution in [2.75, 3.05) is 18.9 Å². The Bertz CT molecular complexity index is 414. The number of carbonyl (C=O) groups is 1. The molecule has 0 saturated heterocycles. The molecule has 0 atom stereocenters. The highest BCUT2D eigenvalue weighted by Crippen LogP contribution is 2.25. The molecule has 1 N–H and O–H groups in total. The largest absolute Gasteiger partial charge is 0.376 e. The van der Waals surface area contributed by atoms with Gasteiger partial charge in [0, 0.05) is 23.8 Å². The van der Waals surface area contributed by atoms with Crippen LogP contribution in [0.5, 0.6) is 0 Å². The number of halogens is 2. The van der Waals surface area contributed by atoms with E-state index in [0.29, 0.717) is 16.8 Å². The summed E-state index contributed by atoms with van der Waals surface area (Å²) in [6.07, 6.45) is 2.15. The molecule has 0 heterocycles. The molecule has 0 aromatic heterocycles. The molecule has 1 aliphatic rings. The summed E-state index contributed by atoms with van der Waals surface area (Å²) >= 11 is 5.71. The van der Waals surface area contributed by atoms with E-state index in [1.165, 1.54) is 12.1 Å². The maximum atomic E-state index is 13.0. The van der Waals surface area contributed by atoms with E-state index in [0.717, 1.165) is 12.8 Å². The van der Waals surface area contributed by atoms with Crippen molar-refractivity contribution < 1.29 is 9.18 Å². The smallest absolute Gasteiger partial charge is 0.241 e. The summed E-state index contributed by atoms with van der Waals surface area (Å²) in [5, 5.41) is 3.19. The van der Waals surface area contributed by atoms with Gasteiger partial charge in [0.2, 0.25) is 5.91 Å². The molecule has 3 nitrogen and oxygen atoms in total. The zero-order valence-corrected chi connectivity index (χ0v) is 10.3. The van der Waals surface area contributed by atoms with Crippen LogP contribution < -0.4 is 5.32 Å². The zero-order valence-electron chi connectivity index (χ0n) is 9.54. The maximum absolute atomic E-state index is 13.0. The van der Waals surface area contributed by atoms with Gasteiger partial charge in [-0.1, -0.05) is 11.6 Å². The summed E-state index contributed by atoms with van der Waals surface area (Å²) in [5.74, 6) is -0.407. The molecule has 5 heteroatoms. The Labute approximate surface area is 105 Å². The van der Waals surface area contributed by atoms with Crippen LogP contribution in [0.2, 0.25) is 5.02 Å². The van der Waals surface area contributed by atoms with Gasteiger partial charge in [0.25, 0.3) is 0 Å². The van der Waals surface area contributed by atoms with Gasteiger partial charge in [-0.05, 0) is 31.0 Å². The van der Waals surface area contributed by atoms with Crippen molar-refractivity contribution >= 4 is 23.2 Å². The van der Waals surface area contributed by atoms with E-state index >= 15 is 0 Å². The van der Waals surface area contributed by atoms with Gasteiger partial charge in [-0.2, -0.15) is 0 Å². The minimum absolute atomic E-state index is 0.00730. The van der Waals surface area contributed by atoms with Crippen LogP contribution in [-0.2, 0) is 4.79 Å². The third-order valence-electron chi connectivity index (χ3n) is 2.79. The summed E-state index contributed by atoms with van der Waals surface area (Å²) in [5.41, 5.74) is 0.521. The van der Waals surface area contributed by atoms with Crippen LogP contribution in [0.25, 0.3) is 0 Å². The van der Waals surface area contributed by atoms with Gasteiger partial charge in [0.1, 0.15) is 5.82 Å². The minimum Gasteiger partial charge on any atom is -0.376 e. The van der Waals surface area contributed by atoms with Crippen molar-refractivity contribution in [3.63, 3.8) is 0 Å². The van der Waals surface area contributed by atoms with Crippen LogP contribution in [-0.4, -0.2) is 30.4 Å². The number of rotatable bonds is 4. The second-order valence-corrected chi connectivity index (χ2v) is 4.68. The number of hydrogen-bond donors (Lipinski definition) is 1. The van der Waals surface area contributed by atoms with Crippen molar-refractivity contribution in [2.24, 2.45) is 0 Å². The van der Waals surface area contributed by atoms with Crippen LogP contribution in [0.3, 0.4) is 0 Å². The highest BCUT2D eigenvalue weighted by Gasteiger charge is 2.29. The Morgan fingerprint density at radius 3 is 2.82 bits per heavy atom. The lowest BCUT2D eigenvalue weighted by Crippen LogP contribution is -2.33. The first-order valence-electron chi connectivity index (χ1n) is 5.52. The van der Waals surface area contributed by atoms with Crippen LogP contribution in [0.4, 0.5) is 10.1 Å². The normalized spacial score (nSPS) is 14.5. The topological polar surface area (TPSA) is 32.3 Å². The van der Waals surface area contributed by atoms with Gasteiger partial charge >= 0.3 is 0 Å². The number of amides is 1. The molecule has 1 aromatic carbocycles. The van der Waals surface area contributed by atoms with Crippen molar-refractivity contribution in [3.8, 4) is 0 Å². The van der Waals surface area contributed by atoms with Gasteiger partial charge in [0.15, 0.2) is 0 Å². The van der Waals surface area contributed by atoms with E-state index in [9.17, 15) is 9.18 Å². The SMILES string of the molecule is CN(C(=O)CNc1cc(F)cc(Cl)c1)C1CC1. The van der Waals surface area contributed by atoms with Crippen molar-refractivity contribution in [1.82, 2.24) is 4.90 Å². The Balaban J connectivity index is 1.90. The van der Waals surface area contributed by atoms with Gasteiger partial charge in [0.05, 0.1) is 6.54 Å². The minimum atomic E-state index is -0.414.